The van der Waals surface area contributed by atoms with Crippen molar-refractivity contribution in [2.24, 2.45) is 0 Å². The van der Waals surface area contributed by atoms with Crippen LogP contribution in [0.15, 0.2) is 59.6 Å². The molecule has 0 radical (unpaired) electrons. The number of halogens is 1. The van der Waals surface area contributed by atoms with Crippen molar-refractivity contribution < 1.29 is 0 Å². The lowest BCUT2D eigenvalue weighted by Gasteiger charge is -2.22. The van der Waals surface area contributed by atoms with Crippen LogP contribution < -0.4 is 11.1 Å². The third-order valence-electron chi connectivity index (χ3n) is 5.50. The largest absolute Gasteiger partial charge is 0.383 e. The van der Waals surface area contributed by atoms with Crippen LogP contribution in [0, 0.1) is 0 Å². The van der Waals surface area contributed by atoms with E-state index in [1.54, 1.807) is 6.20 Å². The van der Waals surface area contributed by atoms with Gasteiger partial charge in [-0.2, -0.15) is 5.10 Å². The number of hydrogen-bond acceptors (Lipinski definition) is 5. The highest BCUT2D eigenvalue weighted by molar-refractivity contribution is 9.10. The summed E-state index contributed by atoms with van der Waals surface area (Å²) in [6.45, 7) is 2.08. The summed E-state index contributed by atoms with van der Waals surface area (Å²) in [5, 5.41) is 10.2. The molecule has 4 heterocycles. The highest BCUT2D eigenvalue weighted by Gasteiger charge is 2.17. The first-order chi connectivity index (χ1) is 14.2. The minimum atomic E-state index is 0.452. The molecule has 5 rings (SSSR count). The van der Waals surface area contributed by atoms with Crippen LogP contribution in [0.4, 0.5) is 5.82 Å². The lowest BCUT2D eigenvalue weighted by Crippen LogP contribution is -2.29. The van der Waals surface area contributed by atoms with Gasteiger partial charge in [0, 0.05) is 45.1 Å². The van der Waals surface area contributed by atoms with Crippen molar-refractivity contribution >= 4 is 32.5 Å². The Morgan fingerprint density at radius 3 is 2.69 bits per heavy atom. The van der Waals surface area contributed by atoms with E-state index in [1.165, 1.54) is 0 Å². The molecule has 0 unspecified atom stereocenters. The number of nitrogen functional groups attached to an aromatic ring is 1. The van der Waals surface area contributed by atoms with E-state index in [0.717, 1.165) is 63.6 Å². The van der Waals surface area contributed by atoms with Gasteiger partial charge >= 0.3 is 0 Å². The van der Waals surface area contributed by atoms with Crippen LogP contribution in [-0.2, 0) is 0 Å². The Hall–Kier alpha value is -2.77. The fourth-order valence-electron chi connectivity index (χ4n) is 3.86. The molecule has 29 heavy (non-hydrogen) atoms. The zero-order chi connectivity index (χ0) is 19.8. The molecule has 1 aliphatic heterocycles. The first kappa shape index (κ1) is 18.3. The minimum absolute atomic E-state index is 0.452. The summed E-state index contributed by atoms with van der Waals surface area (Å²) >= 11 is 3.50. The van der Waals surface area contributed by atoms with Crippen LogP contribution in [0.3, 0.4) is 0 Å². The number of aromatic nitrogens is 4. The van der Waals surface area contributed by atoms with Crippen LogP contribution in [0.25, 0.3) is 33.2 Å². The fourth-order valence-corrected chi connectivity index (χ4v) is 4.23. The predicted molar refractivity (Wildman–Crippen MR) is 119 cm³/mol. The zero-order valence-electron chi connectivity index (χ0n) is 15.8. The van der Waals surface area contributed by atoms with Crippen molar-refractivity contribution in [2.75, 3.05) is 18.8 Å². The fraction of sp³-hybridized carbons (Fsp3) is 0.227. The minimum Gasteiger partial charge on any atom is -0.383 e. The Bertz CT molecular complexity index is 1180. The molecule has 0 atom stereocenters. The van der Waals surface area contributed by atoms with Gasteiger partial charge in [0.2, 0.25) is 0 Å². The first-order valence-electron chi connectivity index (χ1n) is 9.74. The molecule has 0 spiro atoms. The van der Waals surface area contributed by atoms with Crippen LogP contribution in [0.5, 0.6) is 0 Å². The number of nitrogens with zero attached hydrogens (tertiary/aromatic N) is 4. The number of nitrogens with one attached hydrogen (secondary N) is 1. The lowest BCUT2D eigenvalue weighted by atomic mass is 10.0. The molecule has 4 aromatic rings. The van der Waals surface area contributed by atoms with Gasteiger partial charge in [0.15, 0.2) is 0 Å². The third kappa shape index (κ3) is 3.63. The van der Waals surface area contributed by atoms with E-state index >= 15 is 0 Å². The van der Waals surface area contributed by atoms with Crippen molar-refractivity contribution in [1.29, 1.82) is 0 Å². The van der Waals surface area contributed by atoms with Gasteiger partial charge in [0.05, 0.1) is 17.9 Å². The Balaban J connectivity index is 1.50. The average molecular weight is 449 g/mol. The summed E-state index contributed by atoms with van der Waals surface area (Å²) < 4.78 is 3.12. The summed E-state index contributed by atoms with van der Waals surface area (Å²) in [6.07, 6.45) is 9.90. The number of anilines is 1. The molecule has 0 aliphatic carbocycles. The van der Waals surface area contributed by atoms with Gasteiger partial charge in [0.1, 0.15) is 5.82 Å². The van der Waals surface area contributed by atoms with Crippen molar-refractivity contribution in [1.82, 2.24) is 25.1 Å². The maximum Gasteiger partial charge on any atom is 0.132 e. The van der Waals surface area contributed by atoms with Gasteiger partial charge in [-0.25, -0.2) is 4.98 Å². The molecular formula is C22H21BrN6. The number of nitrogens with two attached hydrogens (primary N) is 1. The monoisotopic (exact) mass is 448 g/mol. The van der Waals surface area contributed by atoms with Gasteiger partial charge in [-0.05, 0) is 55.6 Å². The molecule has 1 aromatic carbocycles. The van der Waals surface area contributed by atoms with Gasteiger partial charge in [-0.1, -0.05) is 22.0 Å². The molecule has 7 heteroatoms. The molecule has 3 N–H and O–H groups in total. The second-order valence-electron chi connectivity index (χ2n) is 7.41. The number of piperidine rings is 1. The van der Waals surface area contributed by atoms with Crippen molar-refractivity contribution in [2.45, 2.75) is 18.9 Å². The molecule has 0 amide bonds. The normalized spacial score (nSPS) is 15.1. The van der Waals surface area contributed by atoms with Crippen LogP contribution in [0.1, 0.15) is 18.9 Å². The molecule has 1 fully saturated rings. The zero-order valence-corrected chi connectivity index (χ0v) is 17.4. The second-order valence-corrected chi connectivity index (χ2v) is 8.32. The number of benzene rings is 1. The Kier molecular flexibility index (Phi) is 4.77. The van der Waals surface area contributed by atoms with Crippen LogP contribution >= 0.6 is 15.9 Å². The quantitative estimate of drug-likeness (QED) is 0.484. The van der Waals surface area contributed by atoms with Crippen LogP contribution in [-0.4, -0.2) is 32.8 Å². The second kappa shape index (κ2) is 7.57. The van der Waals surface area contributed by atoms with E-state index in [-0.39, 0.29) is 0 Å². The molecule has 6 nitrogen and oxygen atoms in total. The number of fused-ring (bicyclic) bond motifs is 1. The summed E-state index contributed by atoms with van der Waals surface area (Å²) in [5.41, 5.74) is 9.89. The standard InChI is InChI=1S/C22H21BrN6/c23-18-2-1-14-9-21(26-10-15(14)7-18)20-8-16(11-27-22(20)24)17-12-28-29(13-17)19-3-5-25-6-4-19/h1-2,7-13,19,25H,3-6H2,(H2,24,27). The summed E-state index contributed by atoms with van der Waals surface area (Å²) in [6, 6.07) is 10.7. The molecule has 0 saturated carbocycles. The molecule has 1 aliphatic rings. The van der Waals surface area contributed by atoms with Gasteiger partial charge in [-0.3, -0.25) is 9.67 Å². The summed E-state index contributed by atoms with van der Waals surface area (Å²) in [5.74, 6) is 0.475. The molecular weight excluding hydrogens is 428 g/mol. The van der Waals surface area contributed by atoms with E-state index in [9.17, 15) is 0 Å². The van der Waals surface area contributed by atoms with E-state index in [1.807, 2.05) is 18.5 Å². The number of pyridine rings is 2. The predicted octanol–water partition coefficient (Wildman–Crippen LogP) is 4.43. The van der Waals surface area contributed by atoms with E-state index in [4.69, 9.17) is 5.73 Å². The highest BCUT2D eigenvalue weighted by atomic mass is 79.9. The smallest absolute Gasteiger partial charge is 0.132 e. The number of rotatable bonds is 3. The Morgan fingerprint density at radius 2 is 1.83 bits per heavy atom. The summed E-state index contributed by atoms with van der Waals surface area (Å²) in [7, 11) is 0. The van der Waals surface area contributed by atoms with Crippen molar-refractivity contribution in [3.8, 4) is 22.4 Å². The first-order valence-corrected chi connectivity index (χ1v) is 10.5. The Labute approximate surface area is 177 Å². The maximum atomic E-state index is 6.20. The van der Waals surface area contributed by atoms with Gasteiger partial charge in [-0.15, -0.1) is 0 Å². The van der Waals surface area contributed by atoms with Gasteiger partial charge in [0.25, 0.3) is 0 Å². The SMILES string of the molecule is Nc1ncc(-c2cnn(C3CCNCC3)c2)cc1-c1cc2ccc(Br)cc2cn1. The lowest BCUT2D eigenvalue weighted by molar-refractivity contribution is 0.343. The van der Waals surface area contributed by atoms with E-state index in [2.05, 4.69) is 71.5 Å². The molecule has 3 aromatic heterocycles. The number of hydrogen-bond donors (Lipinski definition) is 2. The van der Waals surface area contributed by atoms with Crippen molar-refractivity contribution in [3.05, 3.63) is 59.6 Å². The Morgan fingerprint density at radius 1 is 0.966 bits per heavy atom. The van der Waals surface area contributed by atoms with Crippen LogP contribution in [0.2, 0.25) is 0 Å². The van der Waals surface area contributed by atoms with E-state index < -0.39 is 0 Å². The molecule has 146 valence electrons. The molecule has 0 bridgehead atoms. The average Bonchev–Trinajstić information content (AvgIpc) is 3.25. The van der Waals surface area contributed by atoms with E-state index in [0.29, 0.717) is 11.9 Å². The molecule has 1 saturated heterocycles. The maximum absolute atomic E-state index is 6.20. The van der Waals surface area contributed by atoms with Gasteiger partial charge < -0.3 is 11.1 Å². The highest BCUT2D eigenvalue weighted by Crippen LogP contribution is 2.31. The summed E-state index contributed by atoms with van der Waals surface area (Å²) in [4.78, 5) is 9.05. The third-order valence-corrected chi connectivity index (χ3v) is 5.99. The van der Waals surface area contributed by atoms with Crippen molar-refractivity contribution in [3.63, 3.8) is 0 Å². The topological polar surface area (TPSA) is 81.6 Å².